The lowest BCUT2D eigenvalue weighted by atomic mass is 9.96. The highest BCUT2D eigenvalue weighted by atomic mass is 16.5. The van der Waals surface area contributed by atoms with E-state index < -0.39 is 0 Å². The maximum absolute atomic E-state index is 6.00. The van der Waals surface area contributed by atoms with Crippen LogP contribution in [0.5, 0.6) is 0 Å². The summed E-state index contributed by atoms with van der Waals surface area (Å²) in [6, 6.07) is 2.02. The Bertz CT molecular complexity index is 367. The summed E-state index contributed by atoms with van der Waals surface area (Å²) in [7, 11) is 0. The largest absolute Gasteiger partial charge is 0.381 e. The lowest BCUT2D eigenvalue weighted by molar-refractivity contribution is 0.0844. The fourth-order valence-corrected chi connectivity index (χ4v) is 2.13. The molecule has 0 saturated carbocycles. The highest BCUT2D eigenvalue weighted by molar-refractivity contribution is 5.10. The van der Waals surface area contributed by atoms with Gasteiger partial charge < -0.3 is 10.5 Å². The average molecular weight is 235 g/mol. The van der Waals surface area contributed by atoms with E-state index in [2.05, 4.69) is 9.97 Å². The lowest BCUT2D eigenvalue weighted by Gasteiger charge is -2.22. The number of nitrogens with two attached hydrogens (primary N) is 1. The van der Waals surface area contributed by atoms with E-state index >= 15 is 0 Å². The van der Waals surface area contributed by atoms with Gasteiger partial charge in [-0.05, 0) is 32.8 Å². The molecule has 0 radical (unpaired) electrons. The first kappa shape index (κ1) is 12.5. The van der Waals surface area contributed by atoms with Gasteiger partial charge in [-0.15, -0.1) is 0 Å². The summed E-state index contributed by atoms with van der Waals surface area (Å²) < 4.78 is 5.37. The van der Waals surface area contributed by atoms with E-state index in [0.717, 1.165) is 37.6 Å². The van der Waals surface area contributed by atoms with Crippen molar-refractivity contribution in [2.45, 2.75) is 44.6 Å². The molecule has 4 heteroatoms. The smallest absolute Gasteiger partial charge is 0.130 e. The maximum Gasteiger partial charge on any atom is 0.130 e. The van der Waals surface area contributed by atoms with Gasteiger partial charge in [0.05, 0.1) is 0 Å². The second-order valence-corrected chi connectivity index (χ2v) is 5.45. The van der Waals surface area contributed by atoms with Gasteiger partial charge in [0.2, 0.25) is 0 Å². The van der Waals surface area contributed by atoms with Gasteiger partial charge in [0.1, 0.15) is 5.82 Å². The molecule has 0 amide bonds. The molecule has 0 aliphatic carbocycles. The Labute approximate surface area is 103 Å². The third-order valence-electron chi connectivity index (χ3n) is 2.98. The maximum atomic E-state index is 6.00. The van der Waals surface area contributed by atoms with Crippen molar-refractivity contribution in [1.29, 1.82) is 0 Å². The number of hydrogen-bond acceptors (Lipinski definition) is 4. The Balaban J connectivity index is 2.10. The molecule has 0 aromatic carbocycles. The first-order chi connectivity index (χ1) is 8.04. The summed E-state index contributed by atoms with van der Waals surface area (Å²) in [5.41, 5.74) is 6.88. The van der Waals surface area contributed by atoms with E-state index in [1.807, 2.05) is 26.1 Å². The molecule has 1 saturated heterocycles. The zero-order chi connectivity index (χ0) is 12.3. The molecule has 0 unspecified atom stereocenters. The van der Waals surface area contributed by atoms with Crippen molar-refractivity contribution in [1.82, 2.24) is 9.97 Å². The number of rotatable bonds is 3. The van der Waals surface area contributed by atoms with Gasteiger partial charge in [0.15, 0.2) is 0 Å². The number of hydrogen-bond donors (Lipinski definition) is 1. The molecule has 2 N–H and O–H groups in total. The fourth-order valence-electron chi connectivity index (χ4n) is 2.13. The minimum absolute atomic E-state index is 0.256. The third-order valence-corrected chi connectivity index (χ3v) is 2.98. The summed E-state index contributed by atoms with van der Waals surface area (Å²) in [4.78, 5) is 8.93. The summed E-state index contributed by atoms with van der Waals surface area (Å²) in [6.07, 6.45) is 4.67. The highest BCUT2D eigenvalue weighted by Crippen LogP contribution is 2.25. The Hall–Kier alpha value is -1.00. The average Bonchev–Trinajstić information content (AvgIpc) is 2.28. The Kier molecular flexibility index (Phi) is 3.74. The van der Waals surface area contributed by atoms with Crippen LogP contribution in [0.3, 0.4) is 0 Å². The summed E-state index contributed by atoms with van der Waals surface area (Å²) in [5, 5.41) is 0. The molecule has 0 atom stereocenters. The van der Waals surface area contributed by atoms with Crippen molar-refractivity contribution in [2.24, 2.45) is 5.73 Å². The van der Waals surface area contributed by atoms with Gasteiger partial charge in [-0.3, -0.25) is 0 Å². The van der Waals surface area contributed by atoms with Crippen LogP contribution in [0.2, 0.25) is 0 Å². The highest BCUT2D eigenvalue weighted by Gasteiger charge is 2.19. The van der Waals surface area contributed by atoms with Gasteiger partial charge >= 0.3 is 0 Å². The van der Waals surface area contributed by atoms with Crippen LogP contribution in [0.15, 0.2) is 12.3 Å². The topological polar surface area (TPSA) is 61.0 Å². The number of ether oxygens (including phenoxy) is 1. The van der Waals surface area contributed by atoms with Crippen molar-refractivity contribution in [2.75, 3.05) is 13.2 Å². The van der Waals surface area contributed by atoms with Gasteiger partial charge in [0, 0.05) is 43.0 Å². The van der Waals surface area contributed by atoms with Crippen molar-refractivity contribution >= 4 is 0 Å². The van der Waals surface area contributed by atoms with Gasteiger partial charge in [-0.25, -0.2) is 9.97 Å². The normalized spacial score (nSPS) is 18.3. The molecule has 2 rings (SSSR count). The number of aromatic nitrogens is 2. The molecule has 1 aliphatic rings. The standard InChI is InChI=1S/C13H21N3O/c1-13(2,14)9-12-15-6-3-11(16-12)10-4-7-17-8-5-10/h3,6,10H,4-5,7-9,14H2,1-2H3. The first-order valence-corrected chi connectivity index (χ1v) is 6.23. The van der Waals surface area contributed by atoms with Crippen LogP contribution >= 0.6 is 0 Å². The second kappa shape index (κ2) is 5.10. The van der Waals surface area contributed by atoms with Crippen LogP contribution in [-0.2, 0) is 11.2 Å². The predicted octanol–water partition coefficient (Wildman–Crippen LogP) is 1.65. The Morgan fingerprint density at radius 2 is 2.12 bits per heavy atom. The first-order valence-electron chi connectivity index (χ1n) is 6.23. The summed E-state index contributed by atoms with van der Waals surface area (Å²) in [5.74, 6) is 1.37. The van der Waals surface area contributed by atoms with Gasteiger partial charge in [-0.2, -0.15) is 0 Å². The SMILES string of the molecule is CC(C)(N)Cc1nccc(C2CCOCC2)n1. The van der Waals surface area contributed by atoms with Crippen molar-refractivity contribution < 1.29 is 4.74 Å². The third kappa shape index (κ3) is 3.75. The predicted molar refractivity (Wildman–Crippen MR) is 66.8 cm³/mol. The molecule has 4 nitrogen and oxygen atoms in total. The monoisotopic (exact) mass is 235 g/mol. The summed E-state index contributed by atoms with van der Waals surface area (Å²) >= 11 is 0. The lowest BCUT2D eigenvalue weighted by Crippen LogP contribution is -2.35. The van der Waals surface area contributed by atoms with Crippen molar-refractivity contribution in [3.63, 3.8) is 0 Å². The zero-order valence-electron chi connectivity index (χ0n) is 10.6. The van der Waals surface area contributed by atoms with Crippen molar-refractivity contribution in [3.8, 4) is 0 Å². The van der Waals surface area contributed by atoms with Crippen LogP contribution in [0.4, 0.5) is 0 Å². The van der Waals surface area contributed by atoms with E-state index in [0.29, 0.717) is 12.3 Å². The molecule has 2 heterocycles. The van der Waals surface area contributed by atoms with Crippen LogP contribution in [-0.4, -0.2) is 28.7 Å². The van der Waals surface area contributed by atoms with Crippen LogP contribution in [0, 0.1) is 0 Å². The van der Waals surface area contributed by atoms with Crippen molar-refractivity contribution in [3.05, 3.63) is 23.8 Å². The summed E-state index contributed by atoms with van der Waals surface area (Å²) in [6.45, 7) is 5.67. The van der Waals surface area contributed by atoms with Crippen LogP contribution in [0.25, 0.3) is 0 Å². The van der Waals surface area contributed by atoms with E-state index in [4.69, 9.17) is 10.5 Å². The molecular weight excluding hydrogens is 214 g/mol. The minimum atomic E-state index is -0.256. The molecule has 0 spiro atoms. The molecular formula is C13H21N3O. The quantitative estimate of drug-likeness (QED) is 0.865. The molecule has 1 aromatic heterocycles. The molecule has 1 aliphatic heterocycles. The van der Waals surface area contributed by atoms with E-state index in [-0.39, 0.29) is 5.54 Å². The van der Waals surface area contributed by atoms with Crippen LogP contribution in [0.1, 0.15) is 44.1 Å². The molecule has 0 bridgehead atoms. The van der Waals surface area contributed by atoms with Crippen LogP contribution < -0.4 is 5.73 Å². The van der Waals surface area contributed by atoms with Gasteiger partial charge in [-0.1, -0.05) is 0 Å². The Morgan fingerprint density at radius 3 is 2.76 bits per heavy atom. The fraction of sp³-hybridized carbons (Fsp3) is 0.692. The van der Waals surface area contributed by atoms with E-state index in [9.17, 15) is 0 Å². The Morgan fingerprint density at radius 1 is 1.41 bits per heavy atom. The van der Waals surface area contributed by atoms with E-state index in [1.54, 1.807) is 0 Å². The number of nitrogens with zero attached hydrogens (tertiary/aromatic N) is 2. The molecule has 1 aromatic rings. The van der Waals surface area contributed by atoms with Gasteiger partial charge in [0.25, 0.3) is 0 Å². The van der Waals surface area contributed by atoms with E-state index in [1.165, 1.54) is 0 Å². The molecule has 17 heavy (non-hydrogen) atoms. The molecule has 1 fully saturated rings. The molecule has 94 valence electrons. The zero-order valence-corrected chi connectivity index (χ0v) is 10.6. The second-order valence-electron chi connectivity index (χ2n) is 5.45. The minimum Gasteiger partial charge on any atom is -0.381 e.